The molecule has 1 aromatic carbocycles. The normalized spacial score (nSPS) is 14.0. The predicted octanol–water partition coefficient (Wildman–Crippen LogP) is 0.131. The molecule has 3 atom stereocenters. The molecule has 9 nitrogen and oxygen atoms in total. The maximum absolute atomic E-state index is 12.6. The number of carboxylic acids is 2. The molecule has 0 aliphatic rings. The lowest BCUT2D eigenvalue weighted by molar-refractivity contribution is -0.147. The molecule has 0 saturated heterocycles. The lowest BCUT2D eigenvalue weighted by atomic mass is 10.0. The average molecular weight is 393 g/mol. The number of carbonyl (C=O) groups excluding carboxylic acids is 2. The van der Waals surface area contributed by atoms with E-state index in [2.05, 4.69) is 10.6 Å². The van der Waals surface area contributed by atoms with Crippen molar-refractivity contribution in [1.29, 1.82) is 0 Å². The van der Waals surface area contributed by atoms with Crippen LogP contribution in [0.15, 0.2) is 30.3 Å². The Labute approximate surface area is 163 Å². The van der Waals surface area contributed by atoms with Crippen molar-refractivity contribution in [2.45, 2.75) is 51.2 Å². The molecule has 0 bridgehead atoms. The fraction of sp³-hybridized carbons (Fsp3) is 0.474. The van der Waals surface area contributed by atoms with Crippen LogP contribution in [-0.2, 0) is 25.6 Å². The van der Waals surface area contributed by atoms with Gasteiger partial charge in [-0.25, -0.2) is 4.79 Å². The summed E-state index contributed by atoms with van der Waals surface area (Å²) >= 11 is 0. The van der Waals surface area contributed by atoms with Crippen molar-refractivity contribution >= 4 is 23.8 Å². The van der Waals surface area contributed by atoms with Crippen LogP contribution in [0.2, 0.25) is 0 Å². The first kappa shape index (κ1) is 23.1. The fourth-order valence-corrected chi connectivity index (χ4v) is 2.60. The molecule has 1 rings (SSSR count). The molecule has 1 aromatic rings. The Kier molecular flexibility index (Phi) is 9.10. The van der Waals surface area contributed by atoms with Gasteiger partial charge in [-0.05, 0) is 17.9 Å². The van der Waals surface area contributed by atoms with Crippen LogP contribution in [0, 0.1) is 5.92 Å². The maximum Gasteiger partial charge on any atom is 0.326 e. The third-order valence-electron chi connectivity index (χ3n) is 3.97. The highest BCUT2D eigenvalue weighted by atomic mass is 16.4. The van der Waals surface area contributed by atoms with Crippen molar-refractivity contribution in [2.75, 3.05) is 0 Å². The van der Waals surface area contributed by atoms with E-state index >= 15 is 0 Å². The molecule has 0 spiro atoms. The fourth-order valence-electron chi connectivity index (χ4n) is 2.60. The van der Waals surface area contributed by atoms with Gasteiger partial charge in [-0.3, -0.25) is 14.4 Å². The van der Waals surface area contributed by atoms with E-state index in [1.54, 1.807) is 30.3 Å². The molecule has 28 heavy (non-hydrogen) atoms. The van der Waals surface area contributed by atoms with E-state index in [0.717, 1.165) is 5.56 Å². The summed E-state index contributed by atoms with van der Waals surface area (Å²) in [5.41, 5.74) is 6.60. The second kappa shape index (κ2) is 11.0. The smallest absolute Gasteiger partial charge is 0.326 e. The molecule has 9 heteroatoms. The van der Waals surface area contributed by atoms with Crippen LogP contribution in [0.3, 0.4) is 0 Å². The number of carboxylic acid groups (broad SMARTS) is 2. The van der Waals surface area contributed by atoms with Gasteiger partial charge in [0.05, 0.1) is 12.5 Å². The van der Waals surface area contributed by atoms with Crippen LogP contribution < -0.4 is 16.4 Å². The molecule has 0 unspecified atom stereocenters. The van der Waals surface area contributed by atoms with Crippen LogP contribution in [0.1, 0.15) is 32.3 Å². The standard InChI is InChI=1S/C19H27N3O6/c1-11(2)8-13(20)17(25)21-14(9-12-6-4-3-5-7-12)18(26)22-15(19(27)28)10-16(23)24/h3-7,11,13-15H,8-10,20H2,1-2H3,(H,21,25)(H,22,26)(H,23,24)(H,27,28)/t13-,14-,15-/m0/s1. The first-order chi connectivity index (χ1) is 13.1. The molecule has 2 amide bonds. The van der Waals surface area contributed by atoms with Gasteiger partial charge in [-0.2, -0.15) is 0 Å². The number of hydrogen-bond donors (Lipinski definition) is 5. The van der Waals surface area contributed by atoms with Crippen molar-refractivity contribution in [3.63, 3.8) is 0 Å². The predicted molar refractivity (Wildman–Crippen MR) is 101 cm³/mol. The van der Waals surface area contributed by atoms with Crippen LogP contribution in [0.4, 0.5) is 0 Å². The number of hydrogen-bond acceptors (Lipinski definition) is 5. The number of aliphatic carboxylic acids is 2. The Morgan fingerprint density at radius 1 is 0.964 bits per heavy atom. The Bertz CT molecular complexity index is 692. The molecular formula is C19H27N3O6. The van der Waals surface area contributed by atoms with E-state index < -0.39 is 48.3 Å². The molecule has 0 aliphatic carbocycles. The Morgan fingerprint density at radius 3 is 2.04 bits per heavy atom. The monoisotopic (exact) mass is 393 g/mol. The molecule has 0 saturated carbocycles. The van der Waals surface area contributed by atoms with Gasteiger partial charge in [0.15, 0.2) is 0 Å². The quantitative estimate of drug-likeness (QED) is 0.357. The first-order valence-corrected chi connectivity index (χ1v) is 8.95. The molecule has 0 heterocycles. The topological polar surface area (TPSA) is 159 Å². The number of carbonyl (C=O) groups is 4. The van der Waals surface area contributed by atoms with Crippen molar-refractivity contribution in [3.8, 4) is 0 Å². The zero-order chi connectivity index (χ0) is 21.3. The van der Waals surface area contributed by atoms with Gasteiger partial charge in [-0.15, -0.1) is 0 Å². The highest BCUT2D eigenvalue weighted by Gasteiger charge is 2.29. The van der Waals surface area contributed by atoms with Gasteiger partial charge < -0.3 is 26.6 Å². The molecule has 0 radical (unpaired) electrons. The minimum atomic E-state index is -1.61. The highest BCUT2D eigenvalue weighted by molar-refractivity contribution is 5.92. The first-order valence-electron chi connectivity index (χ1n) is 8.95. The maximum atomic E-state index is 12.6. The van der Waals surface area contributed by atoms with Crippen molar-refractivity contribution < 1.29 is 29.4 Å². The van der Waals surface area contributed by atoms with Crippen molar-refractivity contribution in [3.05, 3.63) is 35.9 Å². The number of nitrogens with one attached hydrogen (secondary N) is 2. The number of nitrogens with two attached hydrogens (primary N) is 1. The van der Waals surface area contributed by atoms with E-state index in [0.29, 0.717) is 6.42 Å². The van der Waals surface area contributed by atoms with E-state index in [4.69, 9.17) is 15.9 Å². The van der Waals surface area contributed by atoms with Crippen LogP contribution in [0.25, 0.3) is 0 Å². The average Bonchev–Trinajstić information content (AvgIpc) is 2.60. The molecule has 0 fully saturated rings. The SMILES string of the molecule is CC(C)C[C@H](N)C(=O)N[C@@H](Cc1ccccc1)C(=O)N[C@@H](CC(=O)O)C(=O)O. The van der Waals surface area contributed by atoms with Gasteiger partial charge in [0.25, 0.3) is 0 Å². The number of benzene rings is 1. The van der Waals surface area contributed by atoms with E-state index in [9.17, 15) is 19.2 Å². The Hall–Kier alpha value is -2.94. The second-order valence-electron chi connectivity index (χ2n) is 6.98. The second-order valence-corrected chi connectivity index (χ2v) is 6.98. The third kappa shape index (κ3) is 8.17. The van der Waals surface area contributed by atoms with Gasteiger partial charge in [0.1, 0.15) is 12.1 Å². The molecule has 0 aliphatic heterocycles. The lowest BCUT2D eigenvalue weighted by Gasteiger charge is -2.23. The Morgan fingerprint density at radius 2 is 1.54 bits per heavy atom. The van der Waals surface area contributed by atoms with Gasteiger partial charge in [-0.1, -0.05) is 44.2 Å². The summed E-state index contributed by atoms with van der Waals surface area (Å²) in [6.07, 6.45) is -0.256. The van der Waals surface area contributed by atoms with Crippen LogP contribution in [-0.4, -0.2) is 52.1 Å². The summed E-state index contributed by atoms with van der Waals surface area (Å²) in [5.74, 6) is -3.99. The van der Waals surface area contributed by atoms with Crippen LogP contribution >= 0.6 is 0 Å². The van der Waals surface area contributed by atoms with E-state index in [1.807, 2.05) is 13.8 Å². The summed E-state index contributed by atoms with van der Waals surface area (Å²) in [4.78, 5) is 47.0. The molecular weight excluding hydrogens is 366 g/mol. The summed E-state index contributed by atoms with van der Waals surface area (Å²) in [7, 11) is 0. The van der Waals surface area contributed by atoms with Crippen molar-refractivity contribution in [1.82, 2.24) is 10.6 Å². The van der Waals surface area contributed by atoms with Gasteiger partial charge >= 0.3 is 11.9 Å². The minimum Gasteiger partial charge on any atom is -0.481 e. The summed E-state index contributed by atoms with van der Waals surface area (Å²) in [5, 5.41) is 22.7. The zero-order valence-electron chi connectivity index (χ0n) is 15.9. The highest BCUT2D eigenvalue weighted by Crippen LogP contribution is 2.07. The largest absolute Gasteiger partial charge is 0.481 e. The summed E-state index contributed by atoms with van der Waals surface area (Å²) in [6.45, 7) is 3.81. The molecule has 0 aromatic heterocycles. The minimum absolute atomic E-state index is 0.103. The van der Waals surface area contributed by atoms with E-state index in [1.165, 1.54) is 0 Å². The summed E-state index contributed by atoms with van der Waals surface area (Å²) < 4.78 is 0. The van der Waals surface area contributed by atoms with Crippen LogP contribution in [0.5, 0.6) is 0 Å². The Balaban J connectivity index is 2.95. The number of amides is 2. The van der Waals surface area contributed by atoms with Gasteiger partial charge in [0, 0.05) is 6.42 Å². The third-order valence-corrected chi connectivity index (χ3v) is 3.97. The van der Waals surface area contributed by atoms with Crippen molar-refractivity contribution in [2.24, 2.45) is 11.7 Å². The summed E-state index contributed by atoms with van der Waals surface area (Å²) in [6, 6.07) is 5.32. The molecule has 154 valence electrons. The lowest BCUT2D eigenvalue weighted by Crippen LogP contribution is -2.55. The van der Waals surface area contributed by atoms with Gasteiger partial charge in [0.2, 0.25) is 11.8 Å². The van der Waals surface area contributed by atoms with E-state index in [-0.39, 0.29) is 12.3 Å². The zero-order valence-corrected chi connectivity index (χ0v) is 15.9. The molecule has 6 N–H and O–H groups in total. The number of rotatable bonds is 11.